The van der Waals surface area contributed by atoms with Gasteiger partial charge in [0.15, 0.2) is 11.5 Å². The van der Waals surface area contributed by atoms with Gasteiger partial charge in [0, 0.05) is 29.1 Å². The summed E-state index contributed by atoms with van der Waals surface area (Å²) in [6.45, 7) is 5.29. The molecule has 0 unspecified atom stereocenters. The minimum atomic E-state index is -0.594. The van der Waals surface area contributed by atoms with E-state index >= 15 is 0 Å². The predicted octanol–water partition coefficient (Wildman–Crippen LogP) is 5.57. The van der Waals surface area contributed by atoms with Crippen LogP contribution in [0.3, 0.4) is 0 Å². The van der Waals surface area contributed by atoms with Gasteiger partial charge in [-0.05, 0) is 37.3 Å². The van der Waals surface area contributed by atoms with Crippen molar-refractivity contribution in [2.45, 2.75) is 20.8 Å². The van der Waals surface area contributed by atoms with Crippen LogP contribution in [0.15, 0.2) is 65.9 Å². The highest BCUT2D eigenvalue weighted by Gasteiger charge is 2.21. The zero-order valence-corrected chi connectivity index (χ0v) is 18.1. The average molecular weight is 437 g/mol. The molecule has 0 bridgehead atoms. The molecule has 0 saturated carbocycles. The van der Waals surface area contributed by atoms with Gasteiger partial charge in [-0.2, -0.15) is 0 Å². The van der Waals surface area contributed by atoms with E-state index < -0.39 is 11.9 Å². The molecule has 0 amide bonds. The molecule has 0 spiro atoms. The van der Waals surface area contributed by atoms with Crippen molar-refractivity contribution in [1.82, 2.24) is 4.98 Å². The number of hydrogen-bond acceptors (Lipinski definition) is 6. The summed E-state index contributed by atoms with van der Waals surface area (Å²) in [5.41, 5.74) is 2.27. The van der Waals surface area contributed by atoms with E-state index in [-0.39, 0.29) is 17.4 Å². The molecule has 0 aliphatic carbocycles. The van der Waals surface area contributed by atoms with Crippen molar-refractivity contribution < 1.29 is 19.1 Å². The second-order valence-corrected chi connectivity index (χ2v) is 7.56. The van der Waals surface area contributed by atoms with Crippen molar-refractivity contribution in [2.75, 3.05) is 0 Å². The molecule has 0 aliphatic heterocycles. The number of aryl methyl sites for hydroxylation is 1. The molecular weight excluding hydrogens is 416 g/mol. The molecule has 158 valence electrons. The third-order valence-corrected chi connectivity index (χ3v) is 4.40. The lowest BCUT2D eigenvalue weighted by Crippen LogP contribution is -2.17. The number of carbonyl (C=O) groups excluding carboxylic acids is 2. The Balaban J connectivity index is 2.02. The molecule has 31 heavy (non-hydrogen) atoms. The number of esters is 2. The normalized spacial score (nSPS) is 11.0. The highest BCUT2D eigenvalue weighted by atomic mass is 35.5. The van der Waals surface area contributed by atoms with Crippen molar-refractivity contribution in [3.8, 4) is 11.5 Å². The number of rotatable bonds is 6. The number of aromatic nitrogens is 1. The van der Waals surface area contributed by atoms with E-state index in [0.29, 0.717) is 21.8 Å². The van der Waals surface area contributed by atoms with Crippen LogP contribution in [0.1, 0.15) is 35.3 Å². The lowest BCUT2D eigenvalue weighted by atomic mass is 10.1. The molecule has 0 fully saturated rings. The van der Waals surface area contributed by atoms with Crippen LogP contribution >= 0.6 is 11.6 Å². The third kappa shape index (κ3) is 5.99. The standard InChI is InChI=1S/C24H21ClN2O4/c1-15(2)23(28)31-22-18(13-27-20-8-5-9-26-14-20)11-19(25)12-21(22)30-24(29)17-7-4-6-16(3)10-17/h4-15H,1-3H3. The summed E-state index contributed by atoms with van der Waals surface area (Å²) in [6.07, 6.45) is 4.70. The van der Waals surface area contributed by atoms with Gasteiger partial charge >= 0.3 is 11.9 Å². The van der Waals surface area contributed by atoms with Crippen LogP contribution in [0.5, 0.6) is 11.5 Å². The maximum Gasteiger partial charge on any atom is 0.343 e. The maximum absolute atomic E-state index is 12.7. The number of nitrogens with zero attached hydrogens (tertiary/aromatic N) is 2. The van der Waals surface area contributed by atoms with Gasteiger partial charge in [-0.1, -0.05) is 43.1 Å². The molecule has 1 aromatic heterocycles. The Morgan fingerprint density at radius 2 is 1.90 bits per heavy atom. The Kier molecular flexibility index (Phi) is 7.15. The fraction of sp³-hybridized carbons (Fsp3) is 0.167. The van der Waals surface area contributed by atoms with Gasteiger partial charge in [-0.25, -0.2) is 4.79 Å². The molecule has 0 radical (unpaired) electrons. The van der Waals surface area contributed by atoms with E-state index in [1.54, 1.807) is 62.6 Å². The third-order valence-electron chi connectivity index (χ3n) is 4.18. The van der Waals surface area contributed by atoms with E-state index in [0.717, 1.165) is 5.56 Å². The monoisotopic (exact) mass is 436 g/mol. The van der Waals surface area contributed by atoms with Crippen LogP contribution in [-0.2, 0) is 4.79 Å². The molecular formula is C24H21ClN2O4. The Labute approximate surface area is 185 Å². The summed E-state index contributed by atoms with van der Waals surface area (Å²) in [6, 6.07) is 13.5. The summed E-state index contributed by atoms with van der Waals surface area (Å²) in [5.74, 6) is -1.37. The van der Waals surface area contributed by atoms with Gasteiger partial charge in [0.2, 0.25) is 0 Å². The Bertz CT molecular complexity index is 1130. The lowest BCUT2D eigenvalue weighted by molar-refractivity contribution is -0.137. The summed E-state index contributed by atoms with van der Waals surface area (Å²) >= 11 is 6.25. The smallest absolute Gasteiger partial charge is 0.343 e. The first kappa shape index (κ1) is 22.2. The Hall–Kier alpha value is -3.51. The molecule has 0 saturated heterocycles. The van der Waals surface area contributed by atoms with Crippen molar-refractivity contribution in [1.29, 1.82) is 0 Å². The quantitative estimate of drug-likeness (QED) is 0.286. The fourth-order valence-electron chi connectivity index (χ4n) is 2.59. The topological polar surface area (TPSA) is 77.8 Å². The zero-order chi connectivity index (χ0) is 22.4. The Morgan fingerprint density at radius 3 is 2.58 bits per heavy atom. The van der Waals surface area contributed by atoms with Crippen molar-refractivity contribution in [2.24, 2.45) is 10.9 Å². The van der Waals surface area contributed by atoms with E-state index in [1.165, 1.54) is 12.3 Å². The summed E-state index contributed by atoms with van der Waals surface area (Å²) in [7, 11) is 0. The second kappa shape index (κ2) is 10.00. The zero-order valence-electron chi connectivity index (χ0n) is 17.3. The Morgan fingerprint density at radius 1 is 1.10 bits per heavy atom. The molecule has 1 heterocycles. The van der Waals surface area contributed by atoms with Crippen LogP contribution in [0.2, 0.25) is 5.02 Å². The number of ether oxygens (including phenoxy) is 2. The number of benzene rings is 2. The molecule has 0 N–H and O–H groups in total. The molecule has 7 heteroatoms. The number of aliphatic imine (C=N–C) groups is 1. The minimum Gasteiger partial charge on any atom is -0.422 e. The minimum absolute atomic E-state index is 0.0284. The van der Waals surface area contributed by atoms with Crippen LogP contribution < -0.4 is 9.47 Å². The number of hydrogen-bond donors (Lipinski definition) is 0. The average Bonchev–Trinajstić information content (AvgIpc) is 2.74. The van der Waals surface area contributed by atoms with Gasteiger partial charge in [0.25, 0.3) is 0 Å². The van der Waals surface area contributed by atoms with E-state index in [1.807, 2.05) is 13.0 Å². The van der Waals surface area contributed by atoms with E-state index in [4.69, 9.17) is 21.1 Å². The van der Waals surface area contributed by atoms with Gasteiger partial charge in [0.05, 0.1) is 23.4 Å². The first-order valence-corrected chi connectivity index (χ1v) is 9.99. The van der Waals surface area contributed by atoms with Crippen molar-refractivity contribution >= 4 is 35.4 Å². The lowest BCUT2D eigenvalue weighted by Gasteiger charge is -2.15. The summed E-state index contributed by atoms with van der Waals surface area (Å²) < 4.78 is 11.1. The van der Waals surface area contributed by atoms with Crippen LogP contribution in [0.4, 0.5) is 5.69 Å². The first-order chi connectivity index (χ1) is 14.8. The van der Waals surface area contributed by atoms with Crippen molar-refractivity contribution in [3.05, 3.63) is 82.6 Å². The maximum atomic E-state index is 12.7. The molecule has 0 atom stereocenters. The summed E-state index contributed by atoms with van der Waals surface area (Å²) in [5, 5.41) is 0.295. The predicted molar refractivity (Wildman–Crippen MR) is 120 cm³/mol. The van der Waals surface area contributed by atoms with Crippen LogP contribution in [-0.4, -0.2) is 23.1 Å². The van der Waals surface area contributed by atoms with E-state index in [9.17, 15) is 9.59 Å². The van der Waals surface area contributed by atoms with Crippen molar-refractivity contribution in [3.63, 3.8) is 0 Å². The molecule has 0 aliphatic rings. The fourth-order valence-corrected chi connectivity index (χ4v) is 2.81. The first-order valence-electron chi connectivity index (χ1n) is 9.61. The van der Waals surface area contributed by atoms with Gasteiger partial charge in [0.1, 0.15) is 0 Å². The molecule has 3 rings (SSSR count). The molecule has 6 nitrogen and oxygen atoms in total. The van der Waals surface area contributed by atoms with Gasteiger partial charge in [-0.15, -0.1) is 0 Å². The number of halogens is 1. The molecule has 2 aromatic carbocycles. The van der Waals surface area contributed by atoms with E-state index in [2.05, 4.69) is 9.98 Å². The molecule has 3 aromatic rings. The highest BCUT2D eigenvalue weighted by molar-refractivity contribution is 6.31. The highest BCUT2D eigenvalue weighted by Crippen LogP contribution is 2.35. The second-order valence-electron chi connectivity index (χ2n) is 7.13. The summed E-state index contributed by atoms with van der Waals surface area (Å²) in [4.78, 5) is 33.4. The SMILES string of the molecule is Cc1cccc(C(=O)Oc2cc(Cl)cc(C=Nc3cccnc3)c2OC(=O)C(C)C)c1. The van der Waals surface area contributed by atoms with Crippen LogP contribution in [0, 0.1) is 12.8 Å². The van der Waals surface area contributed by atoms with Gasteiger partial charge < -0.3 is 9.47 Å². The largest absolute Gasteiger partial charge is 0.422 e. The van der Waals surface area contributed by atoms with Gasteiger partial charge in [-0.3, -0.25) is 14.8 Å². The number of carbonyl (C=O) groups is 2. The van der Waals surface area contributed by atoms with Crippen LogP contribution in [0.25, 0.3) is 0 Å². The number of pyridine rings is 1.